The lowest BCUT2D eigenvalue weighted by Crippen LogP contribution is -2.35. The number of aliphatic carboxylic acids is 1. The highest BCUT2D eigenvalue weighted by Crippen LogP contribution is 2.37. The fraction of sp³-hybridized carbons (Fsp3) is 0.438. The van der Waals surface area contributed by atoms with Crippen molar-refractivity contribution in [2.75, 3.05) is 13.1 Å². The Kier molecular flexibility index (Phi) is 3.53. The molecule has 0 bridgehead atoms. The summed E-state index contributed by atoms with van der Waals surface area (Å²) in [7, 11) is -1.90. The van der Waals surface area contributed by atoms with Gasteiger partial charge in [0.25, 0.3) is 0 Å². The van der Waals surface area contributed by atoms with Crippen molar-refractivity contribution in [3.05, 3.63) is 30.0 Å². The molecule has 1 N–H and O–H groups in total. The fourth-order valence-electron chi connectivity index (χ4n) is 3.24. The first-order chi connectivity index (χ1) is 10.7. The number of sulfonamides is 1. The lowest BCUT2D eigenvalue weighted by atomic mass is 9.90. The van der Waals surface area contributed by atoms with Gasteiger partial charge in [-0.2, -0.15) is 4.31 Å². The number of aromatic nitrogens is 1. The number of carbonyl (C=O) groups is 1. The molecule has 1 unspecified atom stereocenters. The molecule has 2 heterocycles. The van der Waals surface area contributed by atoms with Crippen LogP contribution < -0.4 is 0 Å². The highest BCUT2D eigenvalue weighted by molar-refractivity contribution is 7.89. The minimum Gasteiger partial charge on any atom is -0.481 e. The van der Waals surface area contributed by atoms with E-state index >= 15 is 0 Å². The predicted molar refractivity (Wildman–Crippen MR) is 86.8 cm³/mol. The number of nitrogens with zero attached hydrogens (tertiary/aromatic N) is 2. The standard InChI is InChI=1S/C16H20N2O4S/c1-11-14(12-6-4-5-7-13(12)17(11)3)23(21,22)18-9-8-16(2,10-18)15(19)20/h4-7H,8-10H2,1-3H3,(H,19,20). The van der Waals surface area contributed by atoms with Crippen LogP contribution in [0.1, 0.15) is 19.0 Å². The van der Waals surface area contributed by atoms with Gasteiger partial charge in [0.1, 0.15) is 4.90 Å². The molecule has 3 rings (SSSR count). The second-order valence-electron chi connectivity index (χ2n) is 6.45. The van der Waals surface area contributed by atoms with Crippen LogP contribution in [0.4, 0.5) is 0 Å². The molecule has 6 nitrogen and oxygen atoms in total. The molecule has 2 aromatic rings. The van der Waals surface area contributed by atoms with Crippen LogP contribution in [0.2, 0.25) is 0 Å². The second-order valence-corrected chi connectivity index (χ2v) is 8.32. The van der Waals surface area contributed by atoms with E-state index in [1.54, 1.807) is 19.9 Å². The molecular weight excluding hydrogens is 316 g/mol. The third-order valence-electron chi connectivity index (χ3n) is 4.89. The minimum absolute atomic E-state index is 0.00727. The van der Waals surface area contributed by atoms with Gasteiger partial charge in [-0.05, 0) is 26.3 Å². The van der Waals surface area contributed by atoms with Gasteiger partial charge >= 0.3 is 5.97 Å². The maximum absolute atomic E-state index is 13.1. The van der Waals surface area contributed by atoms with E-state index in [0.717, 1.165) is 5.52 Å². The van der Waals surface area contributed by atoms with Gasteiger partial charge in [-0.25, -0.2) is 8.42 Å². The maximum atomic E-state index is 13.1. The molecule has 0 amide bonds. The van der Waals surface area contributed by atoms with Gasteiger partial charge in [-0.3, -0.25) is 4.79 Å². The molecule has 0 saturated carbocycles. The van der Waals surface area contributed by atoms with Crippen molar-refractivity contribution in [3.63, 3.8) is 0 Å². The molecular formula is C16H20N2O4S. The monoisotopic (exact) mass is 336 g/mol. The van der Waals surface area contributed by atoms with E-state index in [4.69, 9.17) is 0 Å². The van der Waals surface area contributed by atoms with Gasteiger partial charge in [0, 0.05) is 36.7 Å². The van der Waals surface area contributed by atoms with Gasteiger partial charge in [0.15, 0.2) is 0 Å². The largest absolute Gasteiger partial charge is 0.481 e. The SMILES string of the molecule is Cc1c(S(=O)(=O)N2CCC(C)(C(=O)O)C2)c2ccccc2n1C. The molecule has 0 spiro atoms. The van der Waals surface area contributed by atoms with E-state index in [9.17, 15) is 18.3 Å². The molecule has 0 aliphatic carbocycles. The Labute approximate surface area is 135 Å². The lowest BCUT2D eigenvalue weighted by Gasteiger charge is -2.20. The van der Waals surface area contributed by atoms with Crippen molar-refractivity contribution < 1.29 is 18.3 Å². The zero-order valence-electron chi connectivity index (χ0n) is 13.4. The summed E-state index contributed by atoms with van der Waals surface area (Å²) in [5.74, 6) is -0.954. The molecule has 1 aromatic carbocycles. The fourth-order valence-corrected chi connectivity index (χ4v) is 5.24. The third-order valence-corrected chi connectivity index (χ3v) is 6.92. The van der Waals surface area contributed by atoms with Gasteiger partial charge in [-0.15, -0.1) is 0 Å². The summed E-state index contributed by atoms with van der Waals surface area (Å²) >= 11 is 0. The van der Waals surface area contributed by atoms with Crippen molar-refractivity contribution in [1.29, 1.82) is 0 Å². The number of hydrogen-bond donors (Lipinski definition) is 1. The van der Waals surface area contributed by atoms with E-state index in [1.807, 2.05) is 29.8 Å². The quantitative estimate of drug-likeness (QED) is 0.929. The Bertz CT molecular complexity index is 900. The summed E-state index contributed by atoms with van der Waals surface area (Å²) in [5, 5.41) is 10.0. The van der Waals surface area contributed by atoms with Crippen LogP contribution in [0.5, 0.6) is 0 Å². The number of hydrogen-bond acceptors (Lipinski definition) is 3. The molecule has 124 valence electrons. The highest BCUT2D eigenvalue weighted by atomic mass is 32.2. The van der Waals surface area contributed by atoms with E-state index < -0.39 is 21.4 Å². The smallest absolute Gasteiger partial charge is 0.310 e. The molecule has 1 aliphatic heterocycles. The zero-order chi connectivity index (χ0) is 17.0. The molecule has 1 aliphatic rings. The van der Waals surface area contributed by atoms with Crippen LogP contribution in [0.25, 0.3) is 10.9 Å². The zero-order valence-corrected chi connectivity index (χ0v) is 14.2. The molecule has 1 fully saturated rings. The van der Waals surface area contributed by atoms with Gasteiger partial charge in [-0.1, -0.05) is 18.2 Å². The summed E-state index contributed by atoms with van der Waals surface area (Å²) in [6.07, 6.45) is 0.325. The summed E-state index contributed by atoms with van der Waals surface area (Å²) < 4.78 is 29.4. The number of aryl methyl sites for hydroxylation is 1. The van der Waals surface area contributed by atoms with E-state index in [-0.39, 0.29) is 18.0 Å². The summed E-state index contributed by atoms with van der Waals surface area (Å²) in [4.78, 5) is 11.7. The first kappa shape index (κ1) is 16.0. The molecule has 1 atom stereocenters. The summed E-state index contributed by atoms with van der Waals surface area (Å²) in [5.41, 5.74) is 0.491. The lowest BCUT2D eigenvalue weighted by molar-refractivity contribution is -0.146. The van der Waals surface area contributed by atoms with Crippen molar-refractivity contribution in [2.24, 2.45) is 12.5 Å². The first-order valence-electron chi connectivity index (χ1n) is 7.46. The van der Waals surface area contributed by atoms with Crippen LogP contribution in [0.15, 0.2) is 29.2 Å². The normalized spacial score (nSPS) is 22.7. The Morgan fingerprint density at radius 3 is 2.57 bits per heavy atom. The number of fused-ring (bicyclic) bond motifs is 1. The Hall–Kier alpha value is -1.86. The molecule has 1 saturated heterocycles. The topological polar surface area (TPSA) is 79.6 Å². The summed E-state index contributed by atoms with van der Waals surface area (Å²) in [6.45, 7) is 3.61. The van der Waals surface area contributed by atoms with Crippen molar-refractivity contribution >= 4 is 26.9 Å². The minimum atomic E-state index is -3.73. The van der Waals surface area contributed by atoms with Gasteiger partial charge in [0.05, 0.1) is 5.41 Å². The molecule has 23 heavy (non-hydrogen) atoms. The van der Waals surface area contributed by atoms with E-state index in [2.05, 4.69) is 0 Å². The van der Waals surface area contributed by atoms with Crippen molar-refractivity contribution in [2.45, 2.75) is 25.2 Å². The molecule has 1 aromatic heterocycles. The van der Waals surface area contributed by atoms with Gasteiger partial charge in [0.2, 0.25) is 10.0 Å². The Morgan fingerprint density at radius 1 is 1.30 bits per heavy atom. The average Bonchev–Trinajstić information content (AvgIpc) is 3.02. The highest BCUT2D eigenvalue weighted by Gasteiger charge is 2.45. The maximum Gasteiger partial charge on any atom is 0.310 e. The van der Waals surface area contributed by atoms with Crippen LogP contribution in [0.3, 0.4) is 0 Å². The van der Waals surface area contributed by atoms with Crippen molar-refractivity contribution in [1.82, 2.24) is 8.87 Å². The van der Waals surface area contributed by atoms with E-state index in [0.29, 0.717) is 17.5 Å². The Morgan fingerprint density at radius 2 is 1.96 bits per heavy atom. The number of carboxylic acid groups (broad SMARTS) is 1. The first-order valence-corrected chi connectivity index (χ1v) is 8.90. The number of carboxylic acids is 1. The van der Waals surface area contributed by atoms with Crippen LogP contribution >= 0.6 is 0 Å². The van der Waals surface area contributed by atoms with Crippen LogP contribution in [-0.2, 0) is 21.9 Å². The van der Waals surface area contributed by atoms with Crippen LogP contribution in [-0.4, -0.2) is 41.5 Å². The third kappa shape index (κ3) is 2.26. The summed E-state index contributed by atoms with van der Waals surface area (Å²) in [6, 6.07) is 7.36. The number of rotatable bonds is 3. The molecule has 7 heteroatoms. The van der Waals surface area contributed by atoms with E-state index in [1.165, 1.54) is 4.31 Å². The number of para-hydroxylation sites is 1. The average molecular weight is 336 g/mol. The van der Waals surface area contributed by atoms with Crippen LogP contribution in [0, 0.1) is 12.3 Å². The Balaban J connectivity index is 2.12. The predicted octanol–water partition coefficient (Wildman–Crippen LogP) is 1.97. The van der Waals surface area contributed by atoms with Gasteiger partial charge < -0.3 is 9.67 Å². The second kappa shape index (κ2) is 5.07. The van der Waals surface area contributed by atoms with Crippen molar-refractivity contribution in [3.8, 4) is 0 Å². The molecule has 0 radical (unpaired) electrons. The number of benzene rings is 1.